The number of rotatable bonds is 6. The van der Waals surface area contributed by atoms with E-state index in [1.54, 1.807) is 4.90 Å². The van der Waals surface area contributed by atoms with Crippen LogP contribution in [0.3, 0.4) is 0 Å². The lowest BCUT2D eigenvalue weighted by Gasteiger charge is -2.26. The third-order valence-corrected chi connectivity index (χ3v) is 3.11. The number of nitrogens with one attached hydrogen (secondary N) is 1. The zero-order valence-electron chi connectivity index (χ0n) is 10.2. The topological polar surface area (TPSA) is 110 Å². The maximum absolute atomic E-state index is 11.9. The minimum absolute atomic E-state index is 0.0466. The fraction of sp³-hybridized carbons (Fsp3) is 0.818. The summed E-state index contributed by atoms with van der Waals surface area (Å²) in [5, 5.41) is 28.7. The van der Waals surface area contributed by atoms with E-state index in [0.717, 1.165) is 12.8 Å². The molecule has 2 atom stereocenters. The Bertz CT molecular complexity index is 297. The minimum atomic E-state index is -1.27. The monoisotopic (exact) mass is 260 g/mol. The normalized spacial score (nSPS) is 20.8. The third kappa shape index (κ3) is 3.85. The molecule has 7 heteroatoms. The number of carbonyl (C=O) groups is 2. The van der Waals surface area contributed by atoms with Crippen molar-refractivity contribution in [2.24, 2.45) is 0 Å². The van der Waals surface area contributed by atoms with Gasteiger partial charge >= 0.3 is 12.0 Å². The Hall–Kier alpha value is -1.34. The second-order valence-electron chi connectivity index (χ2n) is 4.38. The van der Waals surface area contributed by atoms with Crippen LogP contribution < -0.4 is 5.32 Å². The van der Waals surface area contributed by atoms with E-state index in [4.69, 9.17) is 15.3 Å². The first kappa shape index (κ1) is 14.7. The number of aliphatic hydroxyl groups excluding tert-OH is 2. The number of hydrogen-bond donors (Lipinski definition) is 4. The molecule has 0 aromatic rings. The highest BCUT2D eigenvalue weighted by Crippen LogP contribution is 2.21. The largest absolute Gasteiger partial charge is 0.480 e. The van der Waals surface area contributed by atoms with Crippen LogP contribution in [-0.4, -0.2) is 64.1 Å². The van der Waals surface area contributed by atoms with Crippen molar-refractivity contribution in [3.8, 4) is 0 Å². The van der Waals surface area contributed by atoms with Crippen molar-refractivity contribution in [1.29, 1.82) is 0 Å². The Labute approximate surface area is 105 Å². The summed E-state index contributed by atoms with van der Waals surface area (Å²) in [7, 11) is 0. The molecule has 1 fully saturated rings. The fourth-order valence-electron chi connectivity index (χ4n) is 2.15. The molecule has 1 rings (SSSR count). The lowest BCUT2D eigenvalue weighted by atomic mass is 10.1. The first-order chi connectivity index (χ1) is 8.60. The average Bonchev–Trinajstić information content (AvgIpc) is 2.80. The lowest BCUT2D eigenvalue weighted by molar-refractivity contribution is -0.140. The quantitative estimate of drug-likeness (QED) is 0.508. The van der Waals surface area contributed by atoms with E-state index in [2.05, 4.69) is 5.32 Å². The molecule has 104 valence electrons. The molecule has 1 heterocycles. The zero-order chi connectivity index (χ0) is 13.5. The number of carboxylic acids is 1. The highest BCUT2D eigenvalue weighted by molar-refractivity contribution is 5.82. The van der Waals surface area contributed by atoms with Gasteiger partial charge in [0.1, 0.15) is 0 Å². The predicted octanol–water partition coefficient (Wildman–Crippen LogP) is -0.622. The van der Waals surface area contributed by atoms with Crippen LogP contribution in [-0.2, 0) is 4.79 Å². The molecule has 7 nitrogen and oxygen atoms in total. The molecule has 1 aliphatic rings. The van der Waals surface area contributed by atoms with Crippen molar-refractivity contribution in [3.05, 3.63) is 0 Å². The Morgan fingerprint density at radius 1 is 1.39 bits per heavy atom. The molecule has 2 amide bonds. The van der Waals surface area contributed by atoms with E-state index in [1.165, 1.54) is 0 Å². The Kier molecular flexibility index (Phi) is 5.87. The number of amides is 2. The summed E-state index contributed by atoms with van der Waals surface area (Å²) >= 11 is 0. The summed E-state index contributed by atoms with van der Waals surface area (Å²) in [5.74, 6) is -1.25. The van der Waals surface area contributed by atoms with Gasteiger partial charge in [0, 0.05) is 19.2 Å². The van der Waals surface area contributed by atoms with E-state index in [9.17, 15) is 9.59 Å². The van der Waals surface area contributed by atoms with E-state index in [0.29, 0.717) is 19.4 Å². The van der Waals surface area contributed by atoms with Crippen LogP contribution in [0.5, 0.6) is 0 Å². The summed E-state index contributed by atoms with van der Waals surface area (Å²) in [4.78, 5) is 24.2. The van der Waals surface area contributed by atoms with Gasteiger partial charge in [0.2, 0.25) is 0 Å². The second kappa shape index (κ2) is 7.17. The molecule has 18 heavy (non-hydrogen) atoms. The molecular weight excluding hydrogens is 240 g/mol. The fourth-order valence-corrected chi connectivity index (χ4v) is 2.15. The molecule has 0 bridgehead atoms. The number of aliphatic hydroxyl groups is 2. The second-order valence-corrected chi connectivity index (χ2v) is 4.38. The Morgan fingerprint density at radius 2 is 2.11 bits per heavy atom. The van der Waals surface area contributed by atoms with Crippen LogP contribution >= 0.6 is 0 Å². The summed E-state index contributed by atoms with van der Waals surface area (Å²) in [5.41, 5.74) is 0. The van der Waals surface area contributed by atoms with Gasteiger partial charge in [-0.05, 0) is 25.7 Å². The number of nitrogens with zero attached hydrogens (tertiary/aromatic N) is 1. The van der Waals surface area contributed by atoms with Crippen molar-refractivity contribution < 1.29 is 24.9 Å². The standard InChI is InChI=1S/C11H20N2O5/c14-6-2-4-8-3-1-5-13(8)11(18)12-9(7-15)10(16)17/h8-9,14-15H,1-7H2,(H,12,18)(H,16,17)/t8?,9-/m0/s1. The summed E-state index contributed by atoms with van der Waals surface area (Å²) in [6.07, 6.45) is 3.07. The first-order valence-corrected chi connectivity index (χ1v) is 6.11. The minimum Gasteiger partial charge on any atom is -0.480 e. The van der Waals surface area contributed by atoms with E-state index in [-0.39, 0.29) is 12.6 Å². The van der Waals surface area contributed by atoms with Crippen molar-refractivity contribution >= 4 is 12.0 Å². The van der Waals surface area contributed by atoms with Gasteiger partial charge in [0.25, 0.3) is 0 Å². The average molecular weight is 260 g/mol. The van der Waals surface area contributed by atoms with Crippen molar-refractivity contribution in [2.75, 3.05) is 19.8 Å². The maximum Gasteiger partial charge on any atom is 0.328 e. The van der Waals surface area contributed by atoms with Gasteiger partial charge in [0.05, 0.1) is 6.61 Å². The van der Waals surface area contributed by atoms with Crippen molar-refractivity contribution in [2.45, 2.75) is 37.8 Å². The summed E-state index contributed by atoms with van der Waals surface area (Å²) in [6.45, 7) is 0.0380. The molecule has 1 unspecified atom stereocenters. The first-order valence-electron chi connectivity index (χ1n) is 6.11. The Morgan fingerprint density at radius 3 is 2.67 bits per heavy atom. The number of carboxylic acid groups (broad SMARTS) is 1. The van der Waals surface area contributed by atoms with Crippen LogP contribution in [0.2, 0.25) is 0 Å². The van der Waals surface area contributed by atoms with Crippen molar-refractivity contribution in [3.63, 3.8) is 0 Å². The zero-order valence-corrected chi connectivity index (χ0v) is 10.2. The highest BCUT2D eigenvalue weighted by Gasteiger charge is 2.30. The molecule has 0 aliphatic carbocycles. The van der Waals surface area contributed by atoms with Gasteiger partial charge in [-0.1, -0.05) is 0 Å². The van der Waals surface area contributed by atoms with Gasteiger partial charge in [0.15, 0.2) is 6.04 Å². The molecular formula is C11H20N2O5. The Balaban J connectivity index is 2.51. The number of hydrogen-bond acceptors (Lipinski definition) is 4. The molecule has 0 saturated carbocycles. The van der Waals surface area contributed by atoms with Crippen LogP contribution in [0.25, 0.3) is 0 Å². The SMILES string of the molecule is O=C(O)[C@H](CO)NC(=O)N1CCCC1CCCO. The van der Waals surface area contributed by atoms with E-state index in [1.807, 2.05) is 0 Å². The number of carbonyl (C=O) groups excluding carboxylic acids is 1. The van der Waals surface area contributed by atoms with Crippen LogP contribution in [0, 0.1) is 0 Å². The number of likely N-dealkylation sites (tertiary alicyclic amines) is 1. The molecule has 0 spiro atoms. The van der Waals surface area contributed by atoms with Gasteiger partial charge in [-0.3, -0.25) is 0 Å². The van der Waals surface area contributed by atoms with Gasteiger partial charge < -0.3 is 25.5 Å². The molecule has 1 saturated heterocycles. The molecule has 0 aromatic carbocycles. The van der Waals surface area contributed by atoms with E-state index >= 15 is 0 Å². The van der Waals surface area contributed by atoms with Gasteiger partial charge in [-0.2, -0.15) is 0 Å². The van der Waals surface area contributed by atoms with Crippen LogP contribution in [0.4, 0.5) is 4.79 Å². The van der Waals surface area contributed by atoms with Gasteiger partial charge in [-0.15, -0.1) is 0 Å². The van der Waals surface area contributed by atoms with E-state index < -0.39 is 24.6 Å². The highest BCUT2D eigenvalue weighted by atomic mass is 16.4. The predicted molar refractivity (Wildman–Crippen MR) is 63.1 cm³/mol. The maximum atomic E-state index is 11.9. The van der Waals surface area contributed by atoms with Gasteiger partial charge in [-0.25, -0.2) is 9.59 Å². The molecule has 0 aromatic heterocycles. The van der Waals surface area contributed by atoms with Crippen molar-refractivity contribution in [1.82, 2.24) is 10.2 Å². The molecule has 4 N–H and O–H groups in total. The number of aliphatic carboxylic acids is 1. The number of urea groups is 1. The van der Waals surface area contributed by atoms with Crippen LogP contribution in [0.15, 0.2) is 0 Å². The van der Waals surface area contributed by atoms with Crippen LogP contribution in [0.1, 0.15) is 25.7 Å². The summed E-state index contributed by atoms with van der Waals surface area (Å²) in [6, 6.07) is -1.68. The third-order valence-electron chi connectivity index (χ3n) is 3.11. The smallest absolute Gasteiger partial charge is 0.328 e. The molecule has 0 radical (unpaired) electrons. The molecule has 1 aliphatic heterocycles. The lowest BCUT2D eigenvalue weighted by Crippen LogP contribution is -2.50. The summed E-state index contributed by atoms with van der Waals surface area (Å²) < 4.78 is 0.